The molecule has 0 spiro atoms. The van der Waals surface area contributed by atoms with Crippen molar-refractivity contribution < 1.29 is 18.4 Å². The predicted molar refractivity (Wildman–Crippen MR) is 120 cm³/mol. The zero-order valence-corrected chi connectivity index (χ0v) is 18.2. The Kier molecular flexibility index (Phi) is 7.03. The highest BCUT2D eigenvalue weighted by molar-refractivity contribution is 6.04. The number of para-hydroxylation sites is 1. The van der Waals surface area contributed by atoms with Crippen LogP contribution in [0.25, 0.3) is 0 Å². The minimum Gasteiger partial charge on any atom is -0.468 e. The van der Waals surface area contributed by atoms with Crippen molar-refractivity contribution in [3.8, 4) is 0 Å². The van der Waals surface area contributed by atoms with Crippen molar-refractivity contribution in [3.63, 3.8) is 0 Å². The molecule has 168 valence electrons. The number of hydrogen-bond acceptors (Lipinski definition) is 6. The second-order valence-corrected chi connectivity index (χ2v) is 7.86. The van der Waals surface area contributed by atoms with Crippen LogP contribution in [0.1, 0.15) is 21.9 Å². The standard InChI is InChI=1S/C24H28N4O4/c1-26(22-9-3-2-8-21(22)24(30)25-16-19-6-4-14-31-19)23(29)18-28-12-10-27(11-13-28)17-20-7-5-15-32-20/h2-9,14-15H,10-13,16-18H2,1H3,(H,25,30). The molecular formula is C24H28N4O4. The molecule has 0 saturated carbocycles. The summed E-state index contributed by atoms with van der Waals surface area (Å²) in [6.07, 6.45) is 3.26. The van der Waals surface area contributed by atoms with Crippen LogP contribution in [0.4, 0.5) is 5.69 Å². The number of carbonyl (C=O) groups excluding carboxylic acids is 2. The predicted octanol–water partition coefficient (Wildman–Crippen LogP) is 2.58. The van der Waals surface area contributed by atoms with Crippen LogP contribution in [-0.4, -0.2) is 61.4 Å². The first kappa shape index (κ1) is 21.9. The highest BCUT2D eigenvalue weighted by atomic mass is 16.3. The number of anilines is 1. The summed E-state index contributed by atoms with van der Waals surface area (Å²) < 4.78 is 10.7. The molecule has 8 nitrogen and oxygen atoms in total. The lowest BCUT2D eigenvalue weighted by Crippen LogP contribution is -2.49. The van der Waals surface area contributed by atoms with Gasteiger partial charge in [-0.05, 0) is 36.4 Å². The largest absolute Gasteiger partial charge is 0.468 e. The number of nitrogens with one attached hydrogen (secondary N) is 1. The molecule has 0 atom stereocenters. The van der Waals surface area contributed by atoms with Gasteiger partial charge in [-0.2, -0.15) is 0 Å². The summed E-state index contributed by atoms with van der Waals surface area (Å²) in [7, 11) is 1.72. The topological polar surface area (TPSA) is 82.2 Å². The van der Waals surface area contributed by atoms with Gasteiger partial charge in [0, 0.05) is 33.2 Å². The molecule has 8 heteroatoms. The third-order valence-corrected chi connectivity index (χ3v) is 5.67. The van der Waals surface area contributed by atoms with E-state index in [9.17, 15) is 9.59 Å². The Labute approximate surface area is 187 Å². The maximum atomic E-state index is 13.0. The van der Waals surface area contributed by atoms with E-state index in [0.717, 1.165) is 38.5 Å². The van der Waals surface area contributed by atoms with E-state index in [2.05, 4.69) is 15.1 Å². The zero-order valence-electron chi connectivity index (χ0n) is 18.2. The van der Waals surface area contributed by atoms with E-state index in [1.54, 1.807) is 54.8 Å². The van der Waals surface area contributed by atoms with E-state index >= 15 is 0 Å². The Morgan fingerprint density at radius 3 is 2.25 bits per heavy atom. The summed E-state index contributed by atoms with van der Waals surface area (Å²) in [5, 5.41) is 2.85. The molecule has 2 amide bonds. The monoisotopic (exact) mass is 436 g/mol. The third-order valence-electron chi connectivity index (χ3n) is 5.67. The second-order valence-electron chi connectivity index (χ2n) is 7.86. The normalized spacial score (nSPS) is 14.9. The summed E-state index contributed by atoms with van der Waals surface area (Å²) >= 11 is 0. The van der Waals surface area contributed by atoms with Crippen LogP contribution >= 0.6 is 0 Å². The van der Waals surface area contributed by atoms with Crippen molar-refractivity contribution in [2.45, 2.75) is 13.1 Å². The van der Waals surface area contributed by atoms with E-state index in [-0.39, 0.29) is 11.8 Å². The van der Waals surface area contributed by atoms with Crippen LogP contribution in [0.2, 0.25) is 0 Å². The smallest absolute Gasteiger partial charge is 0.253 e. The Balaban J connectivity index is 1.31. The number of carbonyl (C=O) groups is 2. The van der Waals surface area contributed by atoms with E-state index < -0.39 is 0 Å². The molecule has 1 saturated heterocycles. The van der Waals surface area contributed by atoms with Gasteiger partial charge in [0.1, 0.15) is 11.5 Å². The van der Waals surface area contributed by atoms with Crippen LogP contribution in [0.15, 0.2) is 69.9 Å². The first-order chi connectivity index (χ1) is 15.6. The summed E-state index contributed by atoms with van der Waals surface area (Å²) in [6.45, 7) is 4.77. The van der Waals surface area contributed by atoms with Gasteiger partial charge in [-0.15, -0.1) is 0 Å². The Hall–Kier alpha value is -3.36. The number of benzene rings is 1. The molecule has 1 aromatic carbocycles. The Bertz CT molecular complexity index is 1010. The molecule has 0 radical (unpaired) electrons. The van der Waals surface area contributed by atoms with Crippen molar-refractivity contribution in [3.05, 3.63) is 78.1 Å². The van der Waals surface area contributed by atoms with Gasteiger partial charge in [-0.3, -0.25) is 19.4 Å². The summed E-state index contributed by atoms with van der Waals surface area (Å²) in [5.74, 6) is 1.33. The fourth-order valence-electron chi connectivity index (χ4n) is 3.79. The maximum Gasteiger partial charge on any atom is 0.253 e. The van der Waals surface area contributed by atoms with Gasteiger partial charge in [0.25, 0.3) is 5.91 Å². The number of likely N-dealkylation sites (N-methyl/N-ethyl adjacent to an activating group) is 1. The van der Waals surface area contributed by atoms with E-state index in [0.29, 0.717) is 30.1 Å². The summed E-state index contributed by atoms with van der Waals surface area (Å²) in [5.41, 5.74) is 1.05. The van der Waals surface area contributed by atoms with E-state index in [1.807, 2.05) is 18.2 Å². The van der Waals surface area contributed by atoms with Crippen molar-refractivity contribution in [1.82, 2.24) is 15.1 Å². The van der Waals surface area contributed by atoms with E-state index in [4.69, 9.17) is 8.83 Å². The minimum atomic E-state index is -0.247. The molecule has 1 fully saturated rings. The lowest BCUT2D eigenvalue weighted by atomic mass is 10.1. The number of furan rings is 2. The average Bonchev–Trinajstić information content (AvgIpc) is 3.52. The van der Waals surface area contributed by atoms with Gasteiger partial charge in [0.2, 0.25) is 5.91 Å². The Morgan fingerprint density at radius 1 is 0.906 bits per heavy atom. The zero-order chi connectivity index (χ0) is 22.3. The van der Waals surface area contributed by atoms with Crippen LogP contribution in [0, 0.1) is 0 Å². The number of amides is 2. The summed E-state index contributed by atoms with van der Waals surface area (Å²) in [6, 6.07) is 14.6. The quantitative estimate of drug-likeness (QED) is 0.585. The molecule has 0 aliphatic carbocycles. The molecule has 1 aliphatic heterocycles. The van der Waals surface area contributed by atoms with Crippen molar-refractivity contribution in [1.29, 1.82) is 0 Å². The third kappa shape index (κ3) is 5.46. The van der Waals surface area contributed by atoms with Gasteiger partial charge < -0.3 is 19.1 Å². The van der Waals surface area contributed by atoms with Gasteiger partial charge in [0.05, 0.1) is 43.4 Å². The van der Waals surface area contributed by atoms with Crippen molar-refractivity contribution >= 4 is 17.5 Å². The molecule has 3 heterocycles. The van der Waals surface area contributed by atoms with Crippen molar-refractivity contribution in [2.24, 2.45) is 0 Å². The molecule has 1 N–H and O–H groups in total. The van der Waals surface area contributed by atoms with Gasteiger partial charge in [-0.25, -0.2) is 0 Å². The number of nitrogens with zero attached hydrogens (tertiary/aromatic N) is 3. The van der Waals surface area contributed by atoms with Crippen molar-refractivity contribution in [2.75, 3.05) is 44.7 Å². The molecule has 3 aromatic rings. The fourth-order valence-corrected chi connectivity index (χ4v) is 3.79. The molecule has 0 unspecified atom stereocenters. The highest BCUT2D eigenvalue weighted by Gasteiger charge is 2.23. The minimum absolute atomic E-state index is 0.0456. The molecule has 4 rings (SSSR count). The van der Waals surface area contributed by atoms with E-state index in [1.165, 1.54) is 0 Å². The first-order valence-corrected chi connectivity index (χ1v) is 10.7. The second kappa shape index (κ2) is 10.3. The number of hydrogen-bond donors (Lipinski definition) is 1. The molecule has 32 heavy (non-hydrogen) atoms. The van der Waals surface area contributed by atoms with Crippen LogP contribution in [0.3, 0.4) is 0 Å². The molecule has 2 aromatic heterocycles. The molecule has 0 bridgehead atoms. The van der Waals surface area contributed by atoms with Crippen LogP contribution in [-0.2, 0) is 17.9 Å². The first-order valence-electron chi connectivity index (χ1n) is 10.7. The van der Waals surface area contributed by atoms with Crippen LogP contribution in [0.5, 0.6) is 0 Å². The average molecular weight is 437 g/mol. The molecular weight excluding hydrogens is 408 g/mol. The maximum absolute atomic E-state index is 13.0. The number of rotatable bonds is 8. The van der Waals surface area contributed by atoms with Gasteiger partial charge >= 0.3 is 0 Å². The highest BCUT2D eigenvalue weighted by Crippen LogP contribution is 2.20. The van der Waals surface area contributed by atoms with Gasteiger partial charge in [-0.1, -0.05) is 12.1 Å². The lowest BCUT2D eigenvalue weighted by Gasteiger charge is -2.34. The summed E-state index contributed by atoms with van der Waals surface area (Å²) in [4.78, 5) is 31.7. The fraction of sp³-hybridized carbons (Fsp3) is 0.333. The number of piperazine rings is 1. The van der Waals surface area contributed by atoms with Gasteiger partial charge in [0.15, 0.2) is 0 Å². The SMILES string of the molecule is CN(C(=O)CN1CCN(Cc2ccco2)CC1)c1ccccc1C(=O)NCc1ccco1. The molecule has 1 aliphatic rings. The van der Waals surface area contributed by atoms with Crippen LogP contribution < -0.4 is 10.2 Å². The lowest BCUT2D eigenvalue weighted by molar-refractivity contribution is -0.119. The Morgan fingerprint density at radius 2 is 1.56 bits per heavy atom.